The molecule has 0 saturated carbocycles. The highest BCUT2D eigenvalue weighted by atomic mass is 35.5. The SMILES string of the molecule is CCCC(CCCl)CNCc1ccc(OC)cc1. The van der Waals surface area contributed by atoms with Gasteiger partial charge in [0.25, 0.3) is 0 Å². The van der Waals surface area contributed by atoms with Gasteiger partial charge in [-0.25, -0.2) is 0 Å². The molecular formula is C15H24ClNO. The second-order valence-electron chi connectivity index (χ2n) is 4.61. The van der Waals surface area contributed by atoms with Gasteiger partial charge < -0.3 is 10.1 Å². The Balaban J connectivity index is 2.30. The van der Waals surface area contributed by atoms with Gasteiger partial charge in [-0.05, 0) is 43.0 Å². The summed E-state index contributed by atoms with van der Waals surface area (Å²) >= 11 is 5.82. The molecule has 0 heterocycles. The summed E-state index contributed by atoms with van der Waals surface area (Å²) in [7, 11) is 1.69. The normalized spacial score (nSPS) is 12.4. The van der Waals surface area contributed by atoms with Crippen LogP contribution in [0, 0.1) is 5.92 Å². The van der Waals surface area contributed by atoms with E-state index in [0.717, 1.165) is 31.1 Å². The van der Waals surface area contributed by atoms with Crippen LogP contribution < -0.4 is 10.1 Å². The van der Waals surface area contributed by atoms with E-state index in [0.29, 0.717) is 5.92 Å². The average molecular weight is 270 g/mol. The van der Waals surface area contributed by atoms with Gasteiger partial charge in [0.2, 0.25) is 0 Å². The zero-order valence-electron chi connectivity index (χ0n) is 11.4. The molecule has 18 heavy (non-hydrogen) atoms. The average Bonchev–Trinajstić information content (AvgIpc) is 2.40. The summed E-state index contributed by atoms with van der Waals surface area (Å²) in [6.07, 6.45) is 3.58. The topological polar surface area (TPSA) is 21.3 Å². The molecule has 1 atom stereocenters. The Morgan fingerprint density at radius 1 is 1.22 bits per heavy atom. The van der Waals surface area contributed by atoms with Gasteiger partial charge in [0.1, 0.15) is 5.75 Å². The molecular weight excluding hydrogens is 246 g/mol. The van der Waals surface area contributed by atoms with E-state index in [1.54, 1.807) is 7.11 Å². The van der Waals surface area contributed by atoms with E-state index in [4.69, 9.17) is 16.3 Å². The quantitative estimate of drug-likeness (QED) is 0.688. The van der Waals surface area contributed by atoms with E-state index < -0.39 is 0 Å². The van der Waals surface area contributed by atoms with Crippen molar-refractivity contribution in [1.29, 1.82) is 0 Å². The molecule has 2 nitrogen and oxygen atoms in total. The van der Waals surface area contributed by atoms with Crippen molar-refractivity contribution >= 4 is 11.6 Å². The lowest BCUT2D eigenvalue weighted by molar-refractivity contribution is 0.414. The molecule has 0 fully saturated rings. The minimum Gasteiger partial charge on any atom is -0.497 e. The molecule has 1 aromatic carbocycles. The number of hydrogen-bond acceptors (Lipinski definition) is 2. The fourth-order valence-electron chi connectivity index (χ4n) is 2.08. The molecule has 1 rings (SSSR count). The maximum atomic E-state index is 5.82. The fourth-order valence-corrected chi connectivity index (χ4v) is 2.38. The third-order valence-electron chi connectivity index (χ3n) is 3.14. The number of methoxy groups -OCH3 is 1. The van der Waals surface area contributed by atoms with Crippen molar-refractivity contribution in [3.8, 4) is 5.75 Å². The lowest BCUT2D eigenvalue weighted by atomic mass is 10.0. The highest BCUT2D eigenvalue weighted by Gasteiger charge is 2.06. The number of nitrogens with one attached hydrogen (secondary N) is 1. The molecule has 0 bridgehead atoms. The molecule has 3 heteroatoms. The minimum atomic E-state index is 0.700. The second kappa shape index (κ2) is 9.23. The summed E-state index contributed by atoms with van der Waals surface area (Å²) < 4.78 is 5.14. The van der Waals surface area contributed by atoms with Crippen LogP contribution in [-0.4, -0.2) is 19.5 Å². The van der Waals surface area contributed by atoms with Crippen molar-refractivity contribution in [2.75, 3.05) is 19.5 Å². The summed E-state index contributed by atoms with van der Waals surface area (Å²) in [5.74, 6) is 2.37. The number of hydrogen-bond donors (Lipinski definition) is 1. The Bertz CT molecular complexity index is 307. The number of halogens is 1. The van der Waals surface area contributed by atoms with Crippen molar-refractivity contribution in [3.05, 3.63) is 29.8 Å². The Hall–Kier alpha value is -0.730. The highest BCUT2D eigenvalue weighted by molar-refractivity contribution is 6.17. The van der Waals surface area contributed by atoms with E-state index in [2.05, 4.69) is 24.4 Å². The smallest absolute Gasteiger partial charge is 0.118 e. The molecule has 0 aliphatic carbocycles. The van der Waals surface area contributed by atoms with E-state index >= 15 is 0 Å². The van der Waals surface area contributed by atoms with Gasteiger partial charge >= 0.3 is 0 Å². The molecule has 0 aromatic heterocycles. The molecule has 0 saturated heterocycles. The zero-order valence-corrected chi connectivity index (χ0v) is 12.2. The van der Waals surface area contributed by atoms with E-state index in [-0.39, 0.29) is 0 Å². The fraction of sp³-hybridized carbons (Fsp3) is 0.600. The first kappa shape index (κ1) is 15.3. The van der Waals surface area contributed by atoms with Crippen molar-refractivity contribution < 1.29 is 4.74 Å². The molecule has 0 radical (unpaired) electrons. The van der Waals surface area contributed by atoms with Crippen LogP contribution in [0.2, 0.25) is 0 Å². The molecule has 1 aromatic rings. The van der Waals surface area contributed by atoms with Crippen LogP contribution in [0.5, 0.6) is 5.75 Å². The van der Waals surface area contributed by atoms with Gasteiger partial charge in [-0.3, -0.25) is 0 Å². The summed E-state index contributed by atoms with van der Waals surface area (Å²) in [6, 6.07) is 8.20. The molecule has 0 aliphatic rings. The summed E-state index contributed by atoms with van der Waals surface area (Å²) in [4.78, 5) is 0. The molecule has 102 valence electrons. The van der Waals surface area contributed by atoms with Gasteiger partial charge in [0.05, 0.1) is 7.11 Å². The minimum absolute atomic E-state index is 0.700. The van der Waals surface area contributed by atoms with E-state index in [1.807, 2.05) is 12.1 Å². The summed E-state index contributed by atoms with van der Waals surface area (Å²) in [5, 5.41) is 3.51. The maximum Gasteiger partial charge on any atom is 0.118 e. The number of ether oxygens (including phenoxy) is 1. The van der Waals surface area contributed by atoms with Crippen LogP contribution in [-0.2, 0) is 6.54 Å². The Kier molecular flexibility index (Phi) is 7.86. The first-order valence-electron chi connectivity index (χ1n) is 6.69. The highest BCUT2D eigenvalue weighted by Crippen LogP contribution is 2.13. The lowest BCUT2D eigenvalue weighted by Gasteiger charge is -2.15. The Morgan fingerprint density at radius 3 is 2.50 bits per heavy atom. The lowest BCUT2D eigenvalue weighted by Crippen LogP contribution is -2.22. The molecule has 1 N–H and O–H groups in total. The summed E-state index contributed by atoms with van der Waals surface area (Å²) in [6.45, 7) is 4.18. The van der Waals surface area contributed by atoms with Crippen LogP contribution >= 0.6 is 11.6 Å². The first-order valence-corrected chi connectivity index (χ1v) is 7.23. The van der Waals surface area contributed by atoms with Crippen molar-refractivity contribution in [3.63, 3.8) is 0 Å². The van der Waals surface area contributed by atoms with Crippen molar-refractivity contribution in [2.45, 2.75) is 32.7 Å². The molecule has 0 spiro atoms. The molecule has 1 unspecified atom stereocenters. The zero-order chi connectivity index (χ0) is 13.2. The van der Waals surface area contributed by atoms with Crippen LogP contribution in [0.4, 0.5) is 0 Å². The third kappa shape index (κ3) is 5.74. The third-order valence-corrected chi connectivity index (χ3v) is 3.35. The summed E-state index contributed by atoms with van der Waals surface area (Å²) in [5.41, 5.74) is 1.29. The van der Waals surface area contributed by atoms with Gasteiger partial charge in [0, 0.05) is 12.4 Å². The molecule has 0 amide bonds. The van der Waals surface area contributed by atoms with E-state index in [1.165, 1.54) is 18.4 Å². The van der Waals surface area contributed by atoms with Crippen LogP contribution in [0.25, 0.3) is 0 Å². The van der Waals surface area contributed by atoms with Gasteiger partial charge in [0.15, 0.2) is 0 Å². The van der Waals surface area contributed by atoms with Crippen LogP contribution in [0.3, 0.4) is 0 Å². The maximum absolute atomic E-state index is 5.82. The van der Waals surface area contributed by atoms with Crippen molar-refractivity contribution in [2.24, 2.45) is 5.92 Å². The molecule has 0 aliphatic heterocycles. The van der Waals surface area contributed by atoms with Crippen LogP contribution in [0.1, 0.15) is 31.7 Å². The largest absolute Gasteiger partial charge is 0.497 e. The predicted octanol–water partition coefficient (Wildman–Crippen LogP) is 3.83. The first-order chi connectivity index (χ1) is 8.80. The Labute approximate surface area is 116 Å². The number of alkyl halides is 1. The number of rotatable bonds is 9. The Morgan fingerprint density at radius 2 is 1.94 bits per heavy atom. The van der Waals surface area contributed by atoms with Gasteiger partial charge in [-0.15, -0.1) is 11.6 Å². The second-order valence-corrected chi connectivity index (χ2v) is 4.99. The van der Waals surface area contributed by atoms with Gasteiger partial charge in [-0.2, -0.15) is 0 Å². The van der Waals surface area contributed by atoms with Gasteiger partial charge in [-0.1, -0.05) is 25.5 Å². The van der Waals surface area contributed by atoms with E-state index in [9.17, 15) is 0 Å². The standard InChI is InChI=1S/C15H24ClNO/c1-3-4-13(9-10-16)11-17-12-14-5-7-15(18-2)8-6-14/h5-8,13,17H,3-4,9-12H2,1-2H3. The van der Waals surface area contributed by atoms with Crippen molar-refractivity contribution in [1.82, 2.24) is 5.32 Å². The number of benzene rings is 1. The monoisotopic (exact) mass is 269 g/mol. The predicted molar refractivity (Wildman–Crippen MR) is 78.4 cm³/mol. The van der Waals surface area contributed by atoms with Crippen LogP contribution in [0.15, 0.2) is 24.3 Å².